The van der Waals surface area contributed by atoms with E-state index in [1.54, 1.807) is 7.11 Å². The number of hydrogen-bond acceptors (Lipinski definition) is 2. The minimum atomic E-state index is -0.0848. The molecule has 0 bridgehead atoms. The van der Waals surface area contributed by atoms with Crippen LogP contribution in [0.4, 0.5) is 0 Å². The lowest BCUT2D eigenvalue weighted by atomic mass is 10.1. The van der Waals surface area contributed by atoms with Gasteiger partial charge in [-0.25, -0.2) is 0 Å². The number of carbonyl (C=O) groups is 1. The predicted molar refractivity (Wildman–Crippen MR) is 72.0 cm³/mol. The normalized spacial score (nSPS) is 10.8. The van der Waals surface area contributed by atoms with Crippen molar-refractivity contribution in [1.29, 1.82) is 0 Å². The van der Waals surface area contributed by atoms with Gasteiger partial charge in [-0.1, -0.05) is 11.6 Å². The lowest BCUT2D eigenvalue weighted by molar-refractivity contribution is 0.0932. The van der Waals surface area contributed by atoms with Crippen LogP contribution in [0, 0.1) is 13.8 Å². The van der Waals surface area contributed by atoms with Gasteiger partial charge in [-0.15, -0.1) is 0 Å². The van der Waals surface area contributed by atoms with Gasteiger partial charge in [0, 0.05) is 24.6 Å². The van der Waals surface area contributed by atoms with Crippen LogP contribution in [0.2, 0.25) is 0 Å². The molecule has 2 aromatic rings. The number of fused-ring (bicyclic) bond motifs is 1. The maximum atomic E-state index is 12.0. The molecule has 1 aromatic carbocycles. The predicted octanol–water partition coefficient (Wildman–Crippen LogP) is 2.16. The standard InChI is InChI=1S/C14H18N2O2/c1-9-4-5-12-11(8-9)10(2)13(16-12)14(17)15-6-7-18-3/h4-5,8,16H,6-7H2,1-3H3,(H,15,17). The van der Waals surface area contributed by atoms with Crippen LogP contribution in [0.15, 0.2) is 18.2 Å². The van der Waals surface area contributed by atoms with Crippen molar-refractivity contribution < 1.29 is 9.53 Å². The van der Waals surface area contributed by atoms with Crippen molar-refractivity contribution in [3.05, 3.63) is 35.0 Å². The largest absolute Gasteiger partial charge is 0.383 e. The molecule has 1 heterocycles. The molecule has 0 aliphatic rings. The van der Waals surface area contributed by atoms with Crippen molar-refractivity contribution >= 4 is 16.8 Å². The summed E-state index contributed by atoms with van der Waals surface area (Å²) in [5.74, 6) is -0.0848. The van der Waals surface area contributed by atoms with E-state index in [1.807, 2.05) is 26.0 Å². The Bertz CT molecular complexity index is 572. The number of amides is 1. The van der Waals surface area contributed by atoms with Gasteiger partial charge in [-0.2, -0.15) is 0 Å². The summed E-state index contributed by atoms with van der Waals surface area (Å²) in [6.45, 7) is 5.04. The van der Waals surface area contributed by atoms with E-state index >= 15 is 0 Å². The fraction of sp³-hybridized carbons (Fsp3) is 0.357. The van der Waals surface area contributed by atoms with E-state index < -0.39 is 0 Å². The van der Waals surface area contributed by atoms with Crippen molar-refractivity contribution in [1.82, 2.24) is 10.3 Å². The second-order valence-corrected chi connectivity index (χ2v) is 4.42. The number of benzene rings is 1. The molecule has 0 atom stereocenters. The Morgan fingerprint density at radius 3 is 2.89 bits per heavy atom. The van der Waals surface area contributed by atoms with Gasteiger partial charge in [-0.05, 0) is 31.5 Å². The first kappa shape index (κ1) is 12.6. The number of aryl methyl sites for hydroxylation is 2. The highest BCUT2D eigenvalue weighted by Gasteiger charge is 2.14. The first-order valence-electron chi connectivity index (χ1n) is 5.99. The number of hydrogen-bond donors (Lipinski definition) is 2. The number of carbonyl (C=O) groups excluding carboxylic acids is 1. The zero-order chi connectivity index (χ0) is 13.1. The van der Waals surface area contributed by atoms with Crippen molar-refractivity contribution in [2.24, 2.45) is 0 Å². The van der Waals surface area contributed by atoms with Crippen LogP contribution in [0.3, 0.4) is 0 Å². The number of aromatic nitrogens is 1. The Balaban J connectivity index is 2.28. The van der Waals surface area contributed by atoms with Gasteiger partial charge in [0.25, 0.3) is 5.91 Å². The van der Waals surface area contributed by atoms with E-state index in [1.165, 1.54) is 5.56 Å². The highest BCUT2D eigenvalue weighted by atomic mass is 16.5. The van der Waals surface area contributed by atoms with E-state index in [9.17, 15) is 4.79 Å². The van der Waals surface area contributed by atoms with Crippen LogP contribution in [0.1, 0.15) is 21.6 Å². The Kier molecular flexibility index (Phi) is 3.67. The average Bonchev–Trinajstić information content (AvgIpc) is 2.67. The number of aromatic amines is 1. The molecule has 2 rings (SSSR count). The zero-order valence-corrected chi connectivity index (χ0v) is 11.0. The summed E-state index contributed by atoms with van der Waals surface area (Å²) in [4.78, 5) is 15.2. The van der Waals surface area contributed by atoms with Gasteiger partial charge in [0.1, 0.15) is 5.69 Å². The quantitative estimate of drug-likeness (QED) is 0.812. The Morgan fingerprint density at radius 2 is 2.17 bits per heavy atom. The summed E-state index contributed by atoms with van der Waals surface area (Å²) in [5, 5.41) is 3.92. The molecule has 1 amide bonds. The van der Waals surface area contributed by atoms with E-state index in [4.69, 9.17) is 4.74 Å². The molecule has 0 saturated heterocycles. The van der Waals surface area contributed by atoms with Crippen LogP contribution in [0.25, 0.3) is 10.9 Å². The fourth-order valence-corrected chi connectivity index (χ4v) is 2.02. The van der Waals surface area contributed by atoms with Crippen molar-refractivity contribution in [3.8, 4) is 0 Å². The molecule has 1 aromatic heterocycles. The van der Waals surface area contributed by atoms with Crippen LogP contribution in [-0.2, 0) is 4.74 Å². The van der Waals surface area contributed by atoms with Gasteiger partial charge in [0.15, 0.2) is 0 Å². The molecule has 2 N–H and O–H groups in total. The highest BCUT2D eigenvalue weighted by molar-refractivity contribution is 6.00. The molecule has 0 aliphatic carbocycles. The van der Waals surface area contributed by atoms with E-state index in [0.29, 0.717) is 18.8 Å². The van der Waals surface area contributed by atoms with Gasteiger partial charge >= 0.3 is 0 Å². The molecule has 0 unspecified atom stereocenters. The van der Waals surface area contributed by atoms with Crippen molar-refractivity contribution in [2.75, 3.05) is 20.3 Å². The lowest BCUT2D eigenvalue weighted by Crippen LogP contribution is -2.27. The number of H-pyrrole nitrogens is 1. The number of rotatable bonds is 4. The Hall–Kier alpha value is -1.81. The first-order chi connectivity index (χ1) is 8.63. The van der Waals surface area contributed by atoms with E-state index in [2.05, 4.69) is 16.4 Å². The molecule has 0 spiro atoms. The summed E-state index contributed by atoms with van der Waals surface area (Å²) in [5.41, 5.74) is 3.81. The third-order valence-electron chi connectivity index (χ3n) is 3.03. The smallest absolute Gasteiger partial charge is 0.268 e. The van der Waals surface area contributed by atoms with Gasteiger partial charge in [0.05, 0.1) is 6.61 Å². The lowest BCUT2D eigenvalue weighted by Gasteiger charge is -2.03. The van der Waals surface area contributed by atoms with E-state index in [-0.39, 0.29) is 5.91 Å². The molecule has 96 valence electrons. The monoisotopic (exact) mass is 246 g/mol. The third kappa shape index (κ3) is 2.38. The molecule has 0 fully saturated rings. The number of ether oxygens (including phenoxy) is 1. The highest BCUT2D eigenvalue weighted by Crippen LogP contribution is 2.22. The maximum Gasteiger partial charge on any atom is 0.268 e. The molecule has 4 nitrogen and oxygen atoms in total. The number of methoxy groups -OCH3 is 1. The van der Waals surface area contributed by atoms with Crippen LogP contribution in [-0.4, -0.2) is 31.2 Å². The topological polar surface area (TPSA) is 54.1 Å². The molecule has 0 radical (unpaired) electrons. The minimum absolute atomic E-state index is 0.0848. The zero-order valence-electron chi connectivity index (χ0n) is 11.0. The van der Waals surface area contributed by atoms with Gasteiger partial charge < -0.3 is 15.0 Å². The second kappa shape index (κ2) is 5.23. The minimum Gasteiger partial charge on any atom is -0.383 e. The van der Waals surface area contributed by atoms with Crippen LogP contribution >= 0.6 is 0 Å². The number of nitrogens with one attached hydrogen (secondary N) is 2. The van der Waals surface area contributed by atoms with Crippen molar-refractivity contribution in [3.63, 3.8) is 0 Å². The Labute approximate surface area is 106 Å². The molecule has 4 heteroatoms. The van der Waals surface area contributed by atoms with E-state index in [0.717, 1.165) is 16.5 Å². The fourth-order valence-electron chi connectivity index (χ4n) is 2.02. The summed E-state index contributed by atoms with van der Waals surface area (Å²) < 4.78 is 4.91. The maximum absolute atomic E-state index is 12.0. The molecule has 0 saturated carbocycles. The Morgan fingerprint density at radius 1 is 1.39 bits per heavy atom. The van der Waals surface area contributed by atoms with Crippen LogP contribution < -0.4 is 5.32 Å². The SMILES string of the molecule is COCCNC(=O)c1[nH]c2ccc(C)cc2c1C. The molecule has 18 heavy (non-hydrogen) atoms. The average molecular weight is 246 g/mol. The van der Waals surface area contributed by atoms with Gasteiger partial charge in [-0.3, -0.25) is 4.79 Å². The third-order valence-corrected chi connectivity index (χ3v) is 3.03. The van der Waals surface area contributed by atoms with Crippen molar-refractivity contribution in [2.45, 2.75) is 13.8 Å². The molecule has 0 aliphatic heterocycles. The summed E-state index contributed by atoms with van der Waals surface area (Å²) in [6.07, 6.45) is 0. The molecular formula is C14H18N2O2. The summed E-state index contributed by atoms with van der Waals surface area (Å²) >= 11 is 0. The van der Waals surface area contributed by atoms with Gasteiger partial charge in [0.2, 0.25) is 0 Å². The molecular weight excluding hydrogens is 228 g/mol. The second-order valence-electron chi connectivity index (χ2n) is 4.42. The summed E-state index contributed by atoms with van der Waals surface area (Å²) in [6, 6.07) is 6.13. The first-order valence-corrected chi connectivity index (χ1v) is 5.99. The van der Waals surface area contributed by atoms with Crippen LogP contribution in [0.5, 0.6) is 0 Å². The summed E-state index contributed by atoms with van der Waals surface area (Å²) in [7, 11) is 1.61.